The molecule has 4 heteroatoms. The van der Waals surface area contributed by atoms with Crippen LogP contribution in [0.15, 0.2) is 30.3 Å². The van der Waals surface area contributed by atoms with Gasteiger partial charge in [-0.15, -0.1) is 0 Å². The highest BCUT2D eigenvalue weighted by Crippen LogP contribution is 2.24. The molecule has 0 bridgehead atoms. The van der Waals surface area contributed by atoms with Crippen molar-refractivity contribution in [3.8, 4) is 17.0 Å². The average molecular weight is 285 g/mol. The molecule has 0 saturated heterocycles. The quantitative estimate of drug-likeness (QED) is 0.868. The van der Waals surface area contributed by atoms with Gasteiger partial charge < -0.3 is 10.1 Å². The van der Waals surface area contributed by atoms with E-state index in [1.54, 1.807) is 0 Å². The first-order valence-corrected chi connectivity index (χ1v) is 7.44. The van der Waals surface area contributed by atoms with Gasteiger partial charge in [0.15, 0.2) is 0 Å². The lowest BCUT2D eigenvalue weighted by molar-refractivity contribution is 0.317. The number of nitrogens with zero attached hydrogens (tertiary/aromatic N) is 2. The molecule has 0 aliphatic carbocycles. The SMILES string of the molecule is CCCOc1ccc(-c2cc(NC)nc(C(C)C)n2)cc1. The molecule has 21 heavy (non-hydrogen) atoms. The van der Waals surface area contributed by atoms with Gasteiger partial charge in [-0.05, 0) is 30.7 Å². The van der Waals surface area contributed by atoms with Crippen molar-refractivity contribution in [1.29, 1.82) is 0 Å². The molecule has 0 amide bonds. The second kappa shape index (κ2) is 7.07. The van der Waals surface area contributed by atoms with E-state index in [-0.39, 0.29) is 0 Å². The highest BCUT2D eigenvalue weighted by molar-refractivity contribution is 5.63. The summed E-state index contributed by atoms with van der Waals surface area (Å²) in [4.78, 5) is 9.14. The zero-order valence-corrected chi connectivity index (χ0v) is 13.2. The number of aromatic nitrogens is 2. The van der Waals surface area contributed by atoms with Crippen molar-refractivity contribution >= 4 is 5.82 Å². The van der Waals surface area contributed by atoms with Gasteiger partial charge in [-0.25, -0.2) is 9.97 Å². The summed E-state index contributed by atoms with van der Waals surface area (Å²) in [6, 6.07) is 10.0. The van der Waals surface area contributed by atoms with Gasteiger partial charge in [0, 0.05) is 24.6 Å². The molecule has 4 nitrogen and oxygen atoms in total. The van der Waals surface area contributed by atoms with E-state index < -0.39 is 0 Å². The second-order valence-electron chi connectivity index (χ2n) is 5.27. The Morgan fingerprint density at radius 2 is 1.86 bits per heavy atom. The van der Waals surface area contributed by atoms with Crippen LogP contribution in [0, 0.1) is 0 Å². The predicted molar refractivity (Wildman–Crippen MR) is 86.9 cm³/mol. The van der Waals surface area contributed by atoms with Crippen LogP contribution in [0.3, 0.4) is 0 Å². The molecule has 1 aromatic carbocycles. The molecule has 0 spiro atoms. The van der Waals surface area contributed by atoms with Crippen LogP contribution in [0.25, 0.3) is 11.3 Å². The molecule has 0 radical (unpaired) electrons. The summed E-state index contributed by atoms with van der Waals surface area (Å²) in [5.74, 6) is 2.88. The molecule has 1 heterocycles. The van der Waals surface area contributed by atoms with Crippen LogP contribution in [0.5, 0.6) is 5.75 Å². The van der Waals surface area contributed by atoms with E-state index in [0.29, 0.717) is 5.92 Å². The standard InChI is InChI=1S/C17H23N3O/c1-5-10-21-14-8-6-13(7-9-14)15-11-16(18-4)20-17(19-15)12(2)3/h6-9,11-12H,5,10H2,1-4H3,(H,18,19,20). The van der Waals surface area contributed by atoms with Gasteiger partial charge in [-0.2, -0.15) is 0 Å². The maximum absolute atomic E-state index is 5.61. The molecule has 1 aromatic heterocycles. The van der Waals surface area contributed by atoms with Gasteiger partial charge in [0.2, 0.25) is 0 Å². The lowest BCUT2D eigenvalue weighted by Crippen LogP contribution is -2.03. The minimum Gasteiger partial charge on any atom is -0.494 e. The number of rotatable bonds is 6. The molecule has 0 aliphatic rings. The maximum Gasteiger partial charge on any atom is 0.133 e. The van der Waals surface area contributed by atoms with Gasteiger partial charge >= 0.3 is 0 Å². The Kier molecular flexibility index (Phi) is 5.14. The fourth-order valence-electron chi connectivity index (χ4n) is 1.94. The molecule has 112 valence electrons. The van der Waals surface area contributed by atoms with E-state index in [4.69, 9.17) is 4.74 Å². The third-order valence-corrected chi connectivity index (χ3v) is 3.14. The number of nitrogens with one attached hydrogen (secondary N) is 1. The number of anilines is 1. The zero-order valence-electron chi connectivity index (χ0n) is 13.2. The Morgan fingerprint density at radius 1 is 1.14 bits per heavy atom. The van der Waals surface area contributed by atoms with Crippen molar-refractivity contribution in [2.24, 2.45) is 0 Å². The number of ether oxygens (including phenoxy) is 1. The Hall–Kier alpha value is -2.10. The highest BCUT2D eigenvalue weighted by atomic mass is 16.5. The van der Waals surface area contributed by atoms with Gasteiger partial charge in [0.1, 0.15) is 17.4 Å². The van der Waals surface area contributed by atoms with Crippen molar-refractivity contribution in [2.45, 2.75) is 33.1 Å². The summed E-state index contributed by atoms with van der Waals surface area (Å²) in [6.45, 7) is 7.04. The van der Waals surface area contributed by atoms with Crippen LogP contribution in [0.2, 0.25) is 0 Å². The van der Waals surface area contributed by atoms with Crippen LogP contribution in [-0.2, 0) is 0 Å². The van der Waals surface area contributed by atoms with Crippen LogP contribution in [-0.4, -0.2) is 23.6 Å². The second-order valence-corrected chi connectivity index (χ2v) is 5.27. The van der Waals surface area contributed by atoms with E-state index in [2.05, 4.69) is 36.1 Å². The van der Waals surface area contributed by atoms with Crippen molar-refractivity contribution in [1.82, 2.24) is 9.97 Å². The number of hydrogen-bond donors (Lipinski definition) is 1. The minimum absolute atomic E-state index is 0.296. The van der Waals surface area contributed by atoms with E-state index in [1.165, 1.54) is 0 Å². The molecule has 2 rings (SSSR count). The molecule has 2 aromatic rings. The maximum atomic E-state index is 5.61. The normalized spacial score (nSPS) is 10.7. The zero-order chi connectivity index (χ0) is 15.2. The van der Waals surface area contributed by atoms with Crippen molar-refractivity contribution < 1.29 is 4.74 Å². The predicted octanol–water partition coefficient (Wildman–Crippen LogP) is 4.10. The summed E-state index contributed by atoms with van der Waals surface area (Å²) in [7, 11) is 1.87. The van der Waals surface area contributed by atoms with Gasteiger partial charge in [-0.3, -0.25) is 0 Å². The molecule has 0 fully saturated rings. The summed E-state index contributed by atoms with van der Waals surface area (Å²) in [5, 5.41) is 3.10. The molecule has 0 unspecified atom stereocenters. The average Bonchev–Trinajstić information content (AvgIpc) is 2.52. The van der Waals surface area contributed by atoms with Crippen molar-refractivity contribution in [3.05, 3.63) is 36.2 Å². The van der Waals surface area contributed by atoms with E-state index in [0.717, 1.165) is 41.7 Å². The van der Waals surface area contributed by atoms with Crippen LogP contribution >= 0.6 is 0 Å². The van der Waals surface area contributed by atoms with Gasteiger partial charge in [0.25, 0.3) is 0 Å². The Labute approximate surface area is 126 Å². The van der Waals surface area contributed by atoms with E-state index in [1.807, 2.05) is 37.4 Å². The number of benzene rings is 1. The van der Waals surface area contributed by atoms with Crippen LogP contribution in [0.1, 0.15) is 38.9 Å². The lowest BCUT2D eigenvalue weighted by Gasteiger charge is -2.10. The van der Waals surface area contributed by atoms with Crippen LogP contribution < -0.4 is 10.1 Å². The molecule has 0 saturated carbocycles. The monoisotopic (exact) mass is 285 g/mol. The third kappa shape index (κ3) is 3.94. The first-order chi connectivity index (χ1) is 10.1. The molecule has 0 aliphatic heterocycles. The fourth-order valence-corrected chi connectivity index (χ4v) is 1.94. The first-order valence-electron chi connectivity index (χ1n) is 7.44. The first kappa shape index (κ1) is 15.3. The van der Waals surface area contributed by atoms with Crippen molar-refractivity contribution in [2.75, 3.05) is 19.0 Å². The summed E-state index contributed by atoms with van der Waals surface area (Å²) in [5.41, 5.74) is 2.00. The van der Waals surface area contributed by atoms with Gasteiger partial charge in [-0.1, -0.05) is 20.8 Å². The smallest absolute Gasteiger partial charge is 0.133 e. The summed E-state index contributed by atoms with van der Waals surface area (Å²) >= 11 is 0. The van der Waals surface area contributed by atoms with Crippen molar-refractivity contribution in [3.63, 3.8) is 0 Å². The topological polar surface area (TPSA) is 47.0 Å². The molecule has 0 atom stereocenters. The van der Waals surface area contributed by atoms with Crippen LogP contribution in [0.4, 0.5) is 5.82 Å². The Bertz CT molecular complexity index is 579. The molecular formula is C17H23N3O. The van der Waals surface area contributed by atoms with Gasteiger partial charge in [0.05, 0.1) is 12.3 Å². The number of hydrogen-bond acceptors (Lipinski definition) is 4. The summed E-state index contributed by atoms with van der Waals surface area (Å²) < 4.78 is 5.61. The third-order valence-electron chi connectivity index (χ3n) is 3.14. The lowest BCUT2D eigenvalue weighted by atomic mass is 10.1. The Balaban J connectivity index is 2.30. The van der Waals surface area contributed by atoms with E-state index >= 15 is 0 Å². The minimum atomic E-state index is 0.296. The Morgan fingerprint density at radius 3 is 2.43 bits per heavy atom. The largest absolute Gasteiger partial charge is 0.494 e. The molecular weight excluding hydrogens is 262 g/mol. The van der Waals surface area contributed by atoms with E-state index in [9.17, 15) is 0 Å². The summed E-state index contributed by atoms with van der Waals surface area (Å²) in [6.07, 6.45) is 1.01. The highest BCUT2D eigenvalue weighted by Gasteiger charge is 2.09. The molecule has 1 N–H and O–H groups in total. The fraction of sp³-hybridized carbons (Fsp3) is 0.412.